The van der Waals surface area contributed by atoms with Crippen molar-refractivity contribution in [2.45, 2.75) is 40.3 Å². The third kappa shape index (κ3) is 6.94. The Morgan fingerprint density at radius 3 is 2.73 bits per heavy atom. The number of nitrogens with zero attached hydrogens (tertiary/aromatic N) is 2. The van der Waals surface area contributed by atoms with Gasteiger partial charge in [0.15, 0.2) is 0 Å². The van der Waals surface area contributed by atoms with Gasteiger partial charge in [-0.25, -0.2) is 4.98 Å². The van der Waals surface area contributed by atoms with E-state index in [1.165, 1.54) is 11.3 Å². The number of methoxy groups -OCH3 is 1. The lowest BCUT2D eigenvalue weighted by Gasteiger charge is -2.24. The Balaban J connectivity index is 1.80. The molecule has 180 valence electrons. The molecule has 0 aliphatic heterocycles. The number of ether oxygens (including phenoxy) is 2. The van der Waals surface area contributed by atoms with Gasteiger partial charge in [-0.15, -0.1) is 11.3 Å². The Kier molecular flexibility index (Phi) is 9.17. The predicted molar refractivity (Wildman–Crippen MR) is 134 cm³/mol. The fourth-order valence-corrected chi connectivity index (χ4v) is 4.71. The molecule has 0 aliphatic rings. The van der Waals surface area contributed by atoms with Crippen molar-refractivity contribution < 1.29 is 14.6 Å². The van der Waals surface area contributed by atoms with Crippen LogP contribution < -0.4 is 5.56 Å². The SMILES string of the molecule is COCCN(Cc1nc2scc(-c3cc(C)ccc3C)c2c(=O)[nH]1)C[C@H](O)COCC(C)C. The van der Waals surface area contributed by atoms with Crippen LogP contribution in [0, 0.1) is 19.8 Å². The number of H-pyrrole nitrogens is 1. The number of benzene rings is 1. The maximum atomic E-state index is 13.1. The maximum absolute atomic E-state index is 13.1. The largest absolute Gasteiger partial charge is 0.389 e. The normalized spacial score (nSPS) is 12.8. The van der Waals surface area contributed by atoms with Crippen molar-refractivity contribution in [1.82, 2.24) is 14.9 Å². The van der Waals surface area contributed by atoms with E-state index in [-0.39, 0.29) is 12.2 Å². The van der Waals surface area contributed by atoms with Crippen molar-refractivity contribution in [3.63, 3.8) is 0 Å². The van der Waals surface area contributed by atoms with Gasteiger partial charge in [0.25, 0.3) is 5.56 Å². The van der Waals surface area contributed by atoms with E-state index in [9.17, 15) is 9.90 Å². The summed E-state index contributed by atoms with van der Waals surface area (Å²) in [5.41, 5.74) is 4.13. The molecule has 0 fully saturated rings. The molecule has 2 aromatic heterocycles. The maximum Gasteiger partial charge on any atom is 0.260 e. The number of aromatic amines is 1. The molecule has 1 atom stereocenters. The second kappa shape index (κ2) is 11.9. The molecule has 0 saturated heterocycles. The highest BCUT2D eigenvalue weighted by Gasteiger charge is 2.18. The van der Waals surface area contributed by atoms with Crippen LogP contribution in [0.15, 0.2) is 28.4 Å². The van der Waals surface area contributed by atoms with E-state index in [0.717, 1.165) is 27.1 Å². The van der Waals surface area contributed by atoms with Crippen molar-refractivity contribution >= 4 is 21.6 Å². The number of hydrogen-bond acceptors (Lipinski definition) is 7. The molecule has 0 unspecified atom stereocenters. The third-order valence-electron chi connectivity index (χ3n) is 5.39. The molecule has 1 aromatic carbocycles. The number of hydrogen-bond donors (Lipinski definition) is 2. The topological polar surface area (TPSA) is 87.7 Å². The summed E-state index contributed by atoms with van der Waals surface area (Å²) in [6.07, 6.45) is -0.631. The quantitative estimate of drug-likeness (QED) is 0.417. The molecule has 33 heavy (non-hydrogen) atoms. The van der Waals surface area contributed by atoms with Gasteiger partial charge in [-0.1, -0.05) is 37.6 Å². The van der Waals surface area contributed by atoms with Gasteiger partial charge in [-0.05, 0) is 30.9 Å². The number of aromatic nitrogens is 2. The second-order valence-electron chi connectivity index (χ2n) is 8.97. The predicted octanol–water partition coefficient (Wildman–Crippen LogP) is 3.75. The van der Waals surface area contributed by atoms with Crippen LogP contribution in [0.2, 0.25) is 0 Å². The highest BCUT2D eigenvalue weighted by molar-refractivity contribution is 7.17. The Labute approximate surface area is 199 Å². The van der Waals surface area contributed by atoms with E-state index >= 15 is 0 Å². The first-order chi connectivity index (χ1) is 15.8. The van der Waals surface area contributed by atoms with Gasteiger partial charge in [0.2, 0.25) is 0 Å². The lowest BCUT2D eigenvalue weighted by atomic mass is 9.99. The summed E-state index contributed by atoms with van der Waals surface area (Å²) in [7, 11) is 1.65. The summed E-state index contributed by atoms with van der Waals surface area (Å²) in [6.45, 7) is 11.1. The smallest absolute Gasteiger partial charge is 0.260 e. The standard InChI is InChI=1S/C25H35N3O4S/c1-16(2)13-32-14-19(29)11-28(8-9-31-5)12-22-26-24(30)23-21(15-33-25(23)27-22)20-10-17(3)6-7-18(20)4/h6-7,10,15-16,19,29H,8-9,11-14H2,1-5H3,(H,26,27,30)/t19-/m0/s1. The molecule has 2 N–H and O–H groups in total. The van der Waals surface area contributed by atoms with Gasteiger partial charge >= 0.3 is 0 Å². The lowest BCUT2D eigenvalue weighted by Crippen LogP contribution is -2.37. The summed E-state index contributed by atoms with van der Waals surface area (Å²) >= 11 is 1.48. The number of rotatable bonds is 12. The first kappa shape index (κ1) is 25.5. The molecule has 7 nitrogen and oxygen atoms in total. The molecule has 3 rings (SSSR count). The Morgan fingerprint density at radius 1 is 1.21 bits per heavy atom. The van der Waals surface area contributed by atoms with Crippen molar-refractivity contribution in [1.29, 1.82) is 0 Å². The highest BCUT2D eigenvalue weighted by Crippen LogP contribution is 2.33. The number of fused-ring (bicyclic) bond motifs is 1. The monoisotopic (exact) mass is 473 g/mol. The second-order valence-corrected chi connectivity index (χ2v) is 9.83. The molecule has 2 heterocycles. The van der Waals surface area contributed by atoms with Crippen molar-refractivity contribution in [3.8, 4) is 11.1 Å². The highest BCUT2D eigenvalue weighted by atomic mass is 32.1. The van der Waals surface area contributed by atoms with Gasteiger partial charge in [0.05, 0.1) is 31.2 Å². The first-order valence-corrected chi connectivity index (χ1v) is 12.2. The van der Waals surface area contributed by atoms with Crippen LogP contribution in [0.3, 0.4) is 0 Å². The molecular formula is C25H35N3O4S. The minimum absolute atomic E-state index is 0.139. The fraction of sp³-hybridized carbons (Fsp3) is 0.520. The summed E-state index contributed by atoms with van der Waals surface area (Å²) in [6, 6.07) is 6.26. The Morgan fingerprint density at radius 2 is 2.00 bits per heavy atom. The third-order valence-corrected chi connectivity index (χ3v) is 6.26. The molecular weight excluding hydrogens is 438 g/mol. The molecule has 0 amide bonds. The van der Waals surface area contributed by atoms with Crippen LogP contribution in [0.5, 0.6) is 0 Å². The zero-order chi connectivity index (χ0) is 24.0. The Hall–Kier alpha value is -2.10. The van der Waals surface area contributed by atoms with Gasteiger partial charge in [-0.3, -0.25) is 9.69 Å². The van der Waals surface area contributed by atoms with Crippen molar-refractivity contribution in [2.75, 3.05) is 40.0 Å². The summed E-state index contributed by atoms with van der Waals surface area (Å²) < 4.78 is 10.8. The van der Waals surface area contributed by atoms with Gasteiger partial charge < -0.3 is 19.6 Å². The van der Waals surface area contributed by atoms with Crippen LogP contribution >= 0.6 is 11.3 Å². The number of thiophene rings is 1. The lowest BCUT2D eigenvalue weighted by molar-refractivity contribution is 0.00296. The number of aliphatic hydroxyl groups is 1. The van der Waals surface area contributed by atoms with E-state index in [4.69, 9.17) is 14.5 Å². The number of aryl methyl sites for hydroxylation is 2. The van der Waals surface area contributed by atoms with Gasteiger partial charge in [0.1, 0.15) is 10.7 Å². The molecule has 0 aliphatic carbocycles. The van der Waals surface area contributed by atoms with Crippen LogP contribution in [0.25, 0.3) is 21.3 Å². The summed E-state index contributed by atoms with van der Waals surface area (Å²) in [5.74, 6) is 0.996. The molecule has 8 heteroatoms. The fourth-order valence-electron chi connectivity index (χ4n) is 3.75. The van der Waals surface area contributed by atoms with Crippen LogP contribution in [-0.4, -0.2) is 66.1 Å². The van der Waals surface area contributed by atoms with E-state index in [1.54, 1.807) is 7.11 Å². The molecule has 0 spiro atoms. The van der Waals surface area contributed by atoms with Crippen molar-refractivity contribution in [3.05, 3.63) is 50.9 Å². The molecule has 0 saturated carbocycles. The Bertz CT molecular complexity index is 1110. The number of aliphatic hydroxyl groups excluding tert-OH is 1. The molecule has 0 bridgehead atoms. The van der Waals surface area contributed by atoms with Crippen molar-refractivity contribution in [2.24, 2.45) is 5.92 Å². The van der Waals surface area contributed by atoms with E-state index in [2.05, 4.69) is 50.9 Å². The van der Waals surface area contributed by atoms with Crippen LogP contribution in [-0.2, 0) is 16.0 Å². The molecule has 3 aromatic rings. The zero-order valence-corrected chi connectivity index (χ0v) is 21.0. The summed E-state index contributed by atoms with van der Waals surface area (Å²) in [5, 5.41) is 13.1. The average molecular weight is 474 g/mol. The first-order valence-electron chi connectivity index (χ1n) is 11.3. The average Bonchev–Trinajstić information content (AvgIpc) is 3.17. The number of nitrogens with one attached hydrogen (secondary N) is 1. The molecule has 0 radical (unpaired) electrons. The van der Waals surface area contributed by atoms with Crippen LogP contribution in [0.1, 0.15) is 30.8 Å². The van der Waals surface area contributed by atoms with Gasteiger partial charge in [0, 0.05) is 37.7 Å². The van der Waals surface area contributed by atoms with Crippen LogP contribution in [0.4, 0.5) is 0 Å². The van der Waals surface area contributed by atoms with E-state index < -0.39 is 6.10 Å². The minimum Gasteiger partial charge on any atom is -0.389 e. The zero-order valence-electron chi connectivity index (χ0n) is 20.2. The minimum atomic E-state index is -0.631. The van der Waals surface area contributed by atoms with E-state index in [1.807, 2.05) is 10.3 Å². The van der Waals surface area contributed by atoms with E-state index in [0.29, 0.717) is 50.0 Å². The summed E-state index contributed by atoms with van der Waals surface area (Å²) in [4.78, 5) is 23.5. The van der Waals surface area contributed by atoms with Gasteiger partial charge in [-0.2, -0.15) is 0 Å².